The molecule has 3 atom stereocenters. The zero-order valence-corrected chi connectivity index (χ0v) is 17.8. The summed E-state index contributed by atoms with van der Waals surface area (Å²) in [6.45, 7) is 0.417. The molecule has 5 rings (SSSR count). The van der Waals surface area contributed by atoms with Gasteiger partial charge in [0, 0.05) is 29.3 Å². The van der Waals surface area contributed by atoms with Crippen LogP contribution in [0.25, 0.3) is 0 Å². The summed E-state index contributed by atoms with van der Waals surface area (Å²) in [5.41, 5.74) is 3.23. The molecule has 0 radical (unpaired) electrons. The fourth-order valence-electron chi connectivity index (χ4n) is 4.84. The molecule has 0 saturated carbocycles. The number of rotatable bonds is 2. The number of halogens is 2. The maximum atomic E-state index is 14.4. The van der Waals surface area contributed by atoms with Crippen LogP contribution in [0, 0.1) is 29.4 Å². The zero-order chi connectivity index (χ0) is 22.9. The SMILES string of the molecule is O=C(c1ccccc1F)N1CC[C@H]2[C@H](CO)Nc3ccc(C#Cc4ccc(F)cc4)cc3[C@H]21. The van der Waals surface area contributed by atoms with E-state index < -0.39 is 5.82 Å². The van der Waals surface area contributed by atoms with Gasteiger partial charge < -0.3 is 15.3 Å². The molecule has 2 aliphatic heterocycles. The Morgan fingerprint density at radius 3 is 2.52 bits per heavy atom. The van der Waals surface area contributed by atoms with Crippen LogP contribution in [0.3, 0.4) is 0 Å². The minimum Gasteiger partial charge on any atom is -0.394 e. The van der Waals surface area contributed by atoms with E-state index in [0.717, 1.165) is 16.8 Å². The van der Waals surface area contributed by atoms with Gasteiger partial charge >= 0.3 is 0 Å². The topological polar surface area (TPSA) is 52.6 Å². The van der Waals surface area contributed by atoms with Gasteiger partial charge in [0.15, 0.2) is 0 Å². The highest BCUT2D eigenvalue weighted by molar-refractivity contribution is 5.95. The largest absolute Gasteiger partial charge is 0.394 e. The maximum Gasteiger partial charge on any atom is 0.257 e. The first-order valence-corrected chi connectivity index (χ1v) is 10.9. The summed E-state index contributed by atoms with van der Waals surface area (Å²) in [7, 11) is 0. The van der Waals surface area contributed by atoms with Gasteiger partial charge in [0.2, 0.25) is 0 Å². The van der Waals surface area contributed by atoms with E-state index in [1.54, 1.807) is 29.2 Å². The molecule has 2 aliphatic rings. The summed E-state index contributed by atoms with van der Waals surface area (Å²) in [5.74, 6) is 4.93. The molecule has 1 saturated heterocycles. The van der Waals surface area contributed by atoms with Crippen molar-refractivity contribution in [1.82, 2.24) is 4.90 Å². The predicted molar refractivity (Wildman–Crippen MR) is 122 cm³/mol. The summed E-state index contributed by atoms with van der Waals surface area (Å²) >= 11 is 0. The molecule has 3 aromatic rings. The van der Waals surface area contributed by atoms with Gasteiger partial charge in [-0.05, 0) is 66.6 Å². The number of carbonyl (C=O) groups is 1. The average Bonchev–Trinajstić information content (AvgIpc) is 3.29. The van der Waals surface area contributed by atoms with E-state index in [2.05, 4.69) is 17.2 Å². The molecule has 0 aliphatic carbocycles. The Balaban J connectivity index is 1.52. The van der Waals surface area contributed by atoms with E-state index >= 15 is 0 Å². The molecule has 6 heteroatoms. The molecule has 4 nitrogen and oxygen atoms in total. The predicted octanol–water partition coefficient (Wildman–Crippen LogP) is 4.35. The van der Waals surface area contributed by atoms with Crippen LogP contribution in [0.4, 0.5) is 14.5 Å². The zero-order valence-electron chi connectivity index (χ0n) is 17.8. The molecule has 1 fully saturated rings. The van der Waals surface area contributed by atoms with Crippen LogP contribution in [0.2, 0.25) is 0 Å². The van der Waals surface area contributed by atoms with E-state index in [0.29, 0.717) is 18.5 Å². The standard InChI is InChI=1S/C27H22F2N2O2/c28-19-10-7-17(8-11-19)5-6-18-9-12-24-22(15-18)26-21(25(16-32)30-24)13-14-31(26)27(33)20-3-1-2-4-23(20)29/h1-4,7-12,15,21,25-26,30,32H,13-14,16H2/t21-,25-,26-/m0/s1. The lowest BCUT2D eigenvalue weighted by Gasteiger charge is -2.39. The summed E-state index contributed by atoms with van der Waals surface area (Å²) < 4.78 is 27.5. The number of carbonyl (C=O) groups excluding carboxylic acids is 1. The van der Waals surface area contributed by atoms with Gasteiger partial charge in [-0.2, -0.15) is 0 Å². The smallest absolute Gasteiger partial charge is 0.257 e. The monoisotopic (exact) mass is 444 g/mol. The fourth-order valence-corrected chi connectivity index (χ4v) is 4.84. The number of fused-ring (bicyclic) bond motifs is 3. The minimum atomic E-state index is -0.544. The van der Waals surface area contributed by atoms with Crippen LogP contribution in [0.5, 0.6) is 0 Å². The number of aliphatic hydroxyl groups excluding tert-OH is 1. The third kappa shape index (κ3) is 3.96. The molecular weight excluding hydrogens is 422 g/mol. The van der Waals surface area contributed by atoms with Crippen molar-refractivity contribution < 1.29 is 18.7 Å². The number of nitrogens with one attached hydrogen (secondary N) is 1. The Labute approximate surface area is 190 Å². The first kappa shape index (κ1) is 21.2. The second-order valence-electron chi connectivity index (χ2n) is 8.37. The lowest BCUT2D eigenvalue weighted by Crippen LogP contribution is -2.43. The molecule has 0 bridgehead atoms. The lowest BCUT2D eigenvalue weighted by atomic mass is 9.82. The molecule has 2 heterocycles. The molecular formula is C27H22F2N2O2. The Morgan fingerprint density at radius 2 is 1.76 bits per heavy atom. The molecule has 2 N–H and O–H groups in total. The van der Waals surface area contributed by atoms with Crippen LogP contribution in [-0.2, 0) is 0 Å². The number of anilines is 1. The van der Waals surface area contributed by atoms with Crippen molar-refractivity contribution >= 4 is 11.6 Å². The molecule has 33 heavy (non-hydrogen) atoms. The van der Waals surface area contributed by atoms with Crippen LogP contribution in [0.15, 0.2) is 66.7 Å². The van der Waals surface area contributed by atoms with Crippen molar-refractivity contribution in [2.24, 2.45) is 5.92 Å². The quantitative estimate of drug-likeness (QED) is 0.578. The van der Waals surface area contributed by atoms with Gasteiger partial charge in [-0.3, -0.25) is 4.79 Å². The molecule has 0 aromatic heterocycles. The van der Waals surface area contributed by atoms with Crippen molar-refractivity contribution in [3.63, 3.8) is 0 Å². The Bertz CT molecular complexity index is 1260. The highest BCUT2D eigenvalue weighted by atomic mass is 19.1. The third-order valence-corrected chi connectivity index (χ3v) is 6.43. The highest BCUT2D eigenvalue weighted by Gasteiger charge is 2.46. The van der Waals surface area contributed by atoms with Crippen molar-refractivity contribution in [3.8, 4) is 11.8 Å². The van der Waals surface area contributed by atoms with Crippen molar-refractivity contribution in [1.29, 1.82) is 0 Å². The molecule has 0 unspecified atom stereocenters. The van der Waals surface area contributed by atoms with Gasteiger partial charge in [-0.25, -0.2) is 8.78 Å². The number of hydrogen-bond acceptors (Lipinski definition) is 3. The Hall–Kier alpha value is -3.69. The summed E-state index contributed by atoms with van der Waals surface area (Å²) in [6.07, 6.45) is 0.702. The number of benzene rings is 3. The summed E-state index contributed by atoms with van der Waals surface area (Å²) in [4.78, 5) is 15.0. The van der Waals surface area contributed by atoms with E-state index in [4.69, 9.17) is 0 Å². The van der Waals surface area contributed by atoms with Gasteiger partial charge in [-0.15, -0.1) is 0 Å². The van der Waals surface area contributed by atoms with Gasteiger partial charge in [-0.1, -0.05) is 24.0 Å². The van der Waals surface area contributed by atoms with Gasteiger partial charge in [0.25, 0.3) is 5.91 Å². The van der Waals surface area contributed by atoms with E-state index in [9.17, 15) is 18.7 Å². The minimum absolute atomic E-state index is 0.00136. The average molecular weight is 444 g/mol. The molecule has 1 amide bonds. The second-order valence-corrected chi connectivity index (χ2v) is 8.37. The highest BCUT2D eigenvalue weighted by Crippen LogP contribution is 2.47. The van der Waals surface area contributed by atoms with Crippen LogP contribution in [0.1, 0.15) is 39.5 Å². The maximum absolute atomic E-state index is 14.4. The number of aliphatic hydroxyl groups is 1. The first-order chi connectivity index (χ1) is 16.0. The molecule has 166 valence electrons. The first-order valence-electron chi connectivity index (χ1n) is 10.9. The van der Waals surface area contributed by atoms with Gasteiger partial charge in [0.1, 0.15) is 11.6 Å². The molecule has 3 aromatic carbocycles. The van der Waals surface area contributed by atoms with Crippen LogP contribution < -0.4 is 5.32 Å². The van der Waals surface area contributed by atoms with E-state index in [1.165, 1.54) is 24.3 Å². The second kappa shape index (κ2) is 8.68. The number of amides is 1. The number of likely N-dealkylation sites (tertiary alicyclic amines) is 1. The fraction of sp³-hybridized carbons (Fsp3) is 0.222. The van der Waals surface area contributed by atoms with Crippen molar-refractivity contribution in [2.45, 2.75) is 18.5 Å². The van der Waals surface area contributed by atoms with E-state index in [-0.39, 0.29) is 41.9 Å². The lowest BCUT2D eigenvalue weighted by molar-refractivity contribution is 0.0696. The van der Waals surface area contributed by atoms with Crippen molar-refractivity contribution in [2.75, 3.05) is 18.5 Å². The van der Waals surface area contributed by atoms with Crippen molar-refractivity contribution in [3.05, 3.63) is 101 Å². The number of nitrogens with zero attached hydrogens (tertiary/aromatic N) is 1. The van der Waals surface area contributed by atoms with Crippen LogP contribution in [-0.4, -0.2) is 35.1 Å². The van der Waals surface area contributed by atoms with Gasteiger partial charge in [0.05, 0.1) is 24.3 Å². The molecule has 0 spiro atoms. The normalized spacial score (nSPS) is 20.8. The van der Waals surface area contributed by atoms with Crippen LogP contribution >= 0.6 is 0 Å². The Kier molecular flexibility index (Phi) is 5.57. The third-order valence-electron chi connectivity index (χ3n) is 6.43. The van der Waals surface area contributed by atoms with E-state index in [1.807, 2.05) is 18.2 Å². The Morgan fingerprint density at radius 1 is 1.03 bits per heavy atom. The number of hydrogen-bond donors (Lipinski definition) is 2. The summed E-state index contributed by atoms with van der Waals surface area (Å²) in [6, 6.07) is 17.2. The summed E-state index contributed by atoms with van der Waals surface area (Å²) in [5, 5.41) is 13.3.